The Morgan fingerprint density at radius 2 is 1.97 bits per heavy atom. The van der Waals surface area contributed by atoms with E-state index in [9.17, 15) is 4.53 Å². The van der Waals surface area contributed by atoms with E-state index < -0.39 is 0 Å². The van der Waals surface area contributed by atoms with Crippen molar-refractivity contribution in [2.75, 3.05) is 11.9 Å². The maximum Gasteiger partial charge on any atom is 0.229 e. The van der Waals surface area contributed by atoms with Gasteiger partial charge in [-0.15, -0.1) is 0 Å². The van der Waals surface area contributed by atoms with Crippen molar-refractivity contribution in [1.29, 1.82) is 0 Å². The molecule has 0 bridgehead atoms. The maximum atomic E-state index is 11.9. The number of halogens is 1. The molecule has 0 unspecified atom stereocenters. The third-order valence-corrected chi connectivity index (χ3v) is 4.96. The Bertz CT molecular complexity index is 1360. The molecule has 0 amide bonds. The zero-order valence-corrected chi connectivity index (χ0v) is 17.3. The van der Waals surface area contributed by atoms with Crippen molar-refractivity contribution in [3.8, 4) is 11.1 Å². The van der Waals surface area contributed by atoms with Gasteiger partial charge in [-0.05, 0) is 21.7 Å². The van der Waals surface area contributed by atoms with Crippen LogP contribution in [0.1, 0.15) is 5.56 Å². The number of aryl methyl sites for hydroxylation is 1. The number of hydrogen-bond acceptors (Lipinski definition) is 7. The monoisotopic (exact) mass is 433 g/mol. The molecule has 5 aromatic rings. The zero-order chi connectivity index (χ0) is 21.9. The lowest BCUT2D eigenvalue weighted by atomic mass is 10.1. The summed E-state index contributed by atoms with van der Waals surface area (Å²) in [5.41, 5.74) is 4.66. The highest BCUT2D eigenvalue weighted by atomic mass is 19.3. The van der Waals surface area contributed by atoms with E-state index in [0.29, 0.717) is 30.4 Å². The summed E-state index contributed by atoms with van der Waals surface area (Å²) < 4.78 is 17.1. The fraction of sp³-hybridized carbons (Fsp3) is 0.190. The first-order valence-electron chi connectivity index (χ1n) is 9.97. The Balaban J connectivity index is 1.37. The Morgan fingerprint density at radius 3 is 2.81 bits per heavy atom. The molecule has 0 aliphatic heterocycles. The molecule has 4 heterocycles. The summed E-state index contributed by atoms with van der Waals surface area (Å²) in [5, 5.41) is 16.8. The SMILES string of the molecule is Cn1cc(-c2cccc(Cn3ncc4cnc(Nc5cnn(CCOF)c5)nc43)c2)cn1. The van der Waals surface area contributed by atoms with Crippen LogP contribution >= 0.6 is 0 Å². The van der Waals surface area contributed by atoms with Gasteiger partial charge in [0.15, 0.2) is 5.65 Å². The van der Waals surface area contributed by atoms with E-state index in [1.165, 1.54) is 0 Å². The van der Waals surface area contributed by atoms with Gasteiger partial charge in [-0.3, -0.25) is 9.36 Å². The van der Waals surface area contributed by atoms with Gasteiger partial charge in [-0.25, -0.2) is 9.67 Å². The molecule has 0 atom stereocenters. The molecule has 0 spiro atoms. The molecule has 162 valence electrons. The topological polar surface area (TPSA) is 101 Å². The highest BCUT2D eigenvalue weighted by molar-refractivity contribution is 5.75. The number of nitrogens with one attached hydrogen (secondary N) is 1. The summed E-state index contributed by atoms with van der Waals surface area (Å²) in [7, 11) is 1.90. The van der Waals surface area contributed by atoms with Gasteiger partial charge < -0.3 is 5.32 Å². The Hall–Kier alpha value is -4.12. The molecular formula is C21H20FN9O. The molecule has 0 aliphatic carbocycles. The molecule has 1 aromatic carbocycles. The second-order valence-electron chi connectivity index (χ2n) is 7.31. The number of anilines is 2. The van der Waals surface area contributed by atoms with Crippen LogP contribution in [0.2, 0.25) is 0 Å². The third-order valence-electron chi connectivity index (χ3n) is 4.96. The summed E-state index contributed by atoms with van der Waals surface area (Å²) in [4.78, 5) is 12.6. The minimum Gasteiger partial charge on any atom is -0.321 e. The lowest BCUT2D eigenvalue weighted by Gasteiger charge is -2.07. The molecule has 0 aliphatic rings. The number of aromatic nitrogens is 8. The quantitative estimate of drug-likeness (QED) is 0.401. The predicted molar refractivity (Wildman–Crippen MR) is 116 cm³/mol. The van der Waals surface area contributed by atoms with Gasteiger partial charge in [-0.1, -0.05) is 18.2 Å². The van der Waals surface area contributed by atoms with E-state index in [4.69, 9.17) is 0 Å². The summed E-state index contributed by atoms with van der Waals surface area (Å²) in [5.74, 6) is 0.421. The van der Waals surface area contributed by atoms with Crippen LogP contribution in [-0.2, 0) is 25.1 Å². The average Bonchev–Trinajstić information content (AvgIpc) is 3.53. The van der Waals surface area contributed by atoms with Gasteiger partial charge in [0.25, 0.3) is 0 Å². The first kappa shape index (κ1) is 19.8. The standard InChI is InChI=1S/C21H20FN9O/c1-29-13-18(10-24-29)16-4-2-3-15(7-16)12-31-20-17(9-26-31)8-23-21(28-20)27-19-11-25-30(14-19)5-6-32-22/h2-4,7-11,13-14H,5-6,12H2,1H3,(H,23,27,28). The van der Waals surface area contributed by atoms with Gasteiger partial charge in [-0.2, -0.15) is 25.2 Å². The van der Waals surface area contributed by atoms with Gasteiger partial charge in [0, 0.05) is 31.2 Å². The highest BCUT2D eigenvalue weighted by Crippen LogP contribution is 2.21. The third kappa shape index (κ3) is 4.18. The summed E-state index contributed by atoms with van der Waals surface area (Å²) >= 11 is 0. The van der Waals surface area contributed by atoms with Gasteiger partial charge >= 0.3 is 0 Å². The van der Waals surface area contributed by atoms with Crippen molar-refractivity contribution >= 4 is 22.7 Å². The van der Waals surface area contributed by atoms with E-state index in [1.54, 1.807) is 34.2 Å². The molecule has 10 nitrogen and oxygen atoms in total. The molecule has 0 saturated heterocycles. The van der Waals surface area contributed by atoms with Gasteiger partial charge in [0.2, 0.25) is 5.95 Å². The van der Waals surface area contributed by atoms with Crippen LogP contribution in [0.5, 0.6) is 0 Å². The molecule has 5 rings (SSSR count). The zero-order valence-electron chi connectivity index (χ0n) is 17.3. The molecule has 0 fully saturated rings. The van der Waals surface area contributed by atoms with Crippen molar-refractivity contribution < 1.29 is 9.47 Å². The highest BCUT2D eigenvalue weighted by Gasteiger charge is 2.10. The van der Waals surface area contributed by atoms with Crippen LogP contribution in [0.3, 0.4) is 0 Å². The van der Waals surface area contributed by atoms with Crippen LogP contribution in [-0.4, -0.2) is 45.9 Å². The molecule has 0 radical (unpaired) electrons. The minimum atomic E-state index is -0.0647. The molecular weight excluding hydrogens is 413 g/mol. The van der Waals surface area contributed by atoms with E-state index in [-0.39, 0.29) is 6.61 Å². The normalized spacial score (nSPS) is 11.3. The van der Waals surface area contributed by atoms with E-state index in [1.807, 2.05) is 30.2 Å². The summed E-state index contributed by atoms with van der Waals surface area (Å²) in [6, 6.07) is 8.27. The summed E-state index contributed by atoms with van der Waals surface area (Å²) in [6.45, 7) is 0.808. The minimum absolute atomic E-state index is 0.0647. The van der Waals surface area contributed by atoms with Crippen molar-refractivity contribution in [3.63, 3.8) is 0 Å². The number of rotatable bonds is 8. The fourth-order valence-corrected chi connectivity index (χ4v) is 3.44. The van der Waals surface area contributed by atoms with Crippen molar-refractivity contribution in [2.45, 2.75) is 13.1 Å². The largest absolute Gasteiger partial charge is 0.321 e. The van der Waals surface area contributed by atoms with Crippen molar-refractivity contribution in [2.24, 2.45) is 7.05 Å². The number of fused-ring (bicyclic) bond motifs is 1. The van der Waals surface area contributed by atoms with Crippen LogP contribution < -0.4 is 5.32 Å². The first-order valence-corrected chi connectivity index (χ1v) is 9.97. The number of nitrogens with zero attached hydrogens (tertiary/aromatic N) is 8. The molecule has 32 heavy (non-hydrogen) atoms. The van der Waals surface area contributed by atoms with Crippen LogP contribution in [0.15, 0.2) is 61.4 Å². The molecule has 1 N–H and O–H groups in total. The van der Waals surface area contributed by atoms with E-state index in [2.05, 4.69) is 53.7 Å². The first-order chi connectivity index (χ1) is 15.7. The Morgan fingerprint density at radius 1 is 1.03 bits per heavy atom. The molecule has 0 saturated carbocycles. The number of benzene rings is 1. The maximum absolute atomic E-state index is 11.9. The summed E-state index contributed by atoms with van der Waals surface area (Å²) in [6.07, 6.45) is 10.7. The van der Waals surface area contributed by atoms with Crippen molar-refractivity contribution in [1.82, 2.24) is 39.3 Å². The average molecular weight is 433 g/mol. The lowest BCUT2D eigenvalue weighted by molar-refractivity contribution is -0.135. The van der Waals surface area contributed by atoms with E-state index in [0.717, 1.165) is 22.1 Å². The smallest absolute Gasteiger partial charge is 0.229 e. The lowest BCUT2D eigenvalue weighted by Crippen LogP contribution is -2.04. The molecule has 4 aromatic heterocycles. The van der Waals surface area contributed by atoms with Gasteiger partial charge in [0.05, 0.1) is 42.8 Å². The van der Waals surface area contributed by atoms with Crippen LogP contribution in [0.4, 0.5) is 16.2 Å². The van der Waals surface area contributed by atoms with Crippen molar-refractivity contribution in [3.05, 3.63) is 67.0 Å². The Kier molecular flexibility index (Phi) is 5.30. The Labute approximate surface area is 182 Å². The molecule has 11 heteroatoms. The second kappa shape index (κ2) is 8.55. The second-order valence-corrected chi connectivity index (χ2v) is 7.31. The van der Waals surface area contributed by atoms with E-state index >= 15 is 0 Å². The predicted octanol–water partition coefficient (Wildman–Crippen LogP) is 3.12. The van der Waals surface area contributed by atoms with Crippen LogP contribution in [0, 0.1) is 0 Å². The fourth-order valence-electron chi connectivity index (χ4n) is 3.44. The number of hydrogen-bond donors (Lipinski definition) is 1. The van der Waals surface area contributed by atoms with Crippen LogP contribution in [0.25, 0.3) is 22.2 Å². The van der Waals surface area contributed by atoms with Gasteiger partial charge in [0.1, 0.15) is 6.61 Å².